The lowest BCUT2D eigenvalue weighted by molar-refractivity contribution is 0.0692. The first-order valence-corrected chi connectivity index (χ1v) is 8.70. The molecule has 1 unspecified atom stereocenters. The van der Waals surface area contributed by atoms with Crippen molar-refractivity contribution in [2.75, 3.05) is 13.1 Å². The number of fused-ring (bicyclic) bond motifs is 1. The fraction of sp³-hybridized carbons (Fsp3) is 0.333. The first kappa shape index (κ1) is 17.2. The smallest absolute Gasteiger partial charge is 0.290 e. The highest BCUT2D eigenvalue weighted by molar-refractivity contribution is 5.94. The summed E-state index contributed by atoms with van der Waals surface area (Å²) < 4.78 is 16.9. The Balaban J connectivity index is 1.62. The van der Waals surface area contributed by atoms with Crippen molar-refractivity contribution in [3.8, 4) is 0 Å². The molecule has 3 aromatic heterocycles. The maximum absolute atomic E-state index is 13.9. The summed E-state index contributed by atoms with van der Waals surface area (Å²) in [5.41, 5.74) is 6.71. The summed E-state index contributed by atoms with van der Waals surface area (Å²) in [7, 11) is 1.73. The van der Waals surface area contributed by atoms with Gasteiger partial charge in [0, 0.05) is 38.4 Å². The lowest BCUT2D eigenvalue weighted by Crippen LogP contribution is -2.40. The second-order valence-electron chi connectivity index (χ2n) is 6.75. The molecule has 0 radical (unpaired) electrons. The van der Waals surface area contributed by atoms with Gasteiger partial charge in [-0.2, -0.15) is 5.10 Å². The zero-order chi connectivity index (χ0) is 19.1. The van der Waals surface area contributed by atoms with Crippen LogP contribution < -0.4 is 5.73 Å². The van der Waals surface area contributed by atoms with Crippen molar-refractivity contribution in [3.63, 3.8) is 0 Å². The van der Waals surface area contributed by atoms with Gasteiger partial charge in [-0.25, -0.2) is 9.37 Å². The molecule has 0 aliphatic carbocycles. The number of carbonyl (C=O) groups is 2. The minimum absolute atomic E-state index is 0.0886. The van der Waals surface area contributed by atoms with E-state index in [0.29, 0.717) is 24.3 Å². The predicted molar refractivity (Wildman–Crippen MR) is 94.8 cm³/mol. The molecule has 3 aromatic rings. The number of imidazole rings is 1. The minimum atomic E-state index is -0.531. The highest BCUT2D eigenvalue weighted by Crippen LogP contribution is 2.29. The van der Waals surface area contributed by atoms with Crippen LogP contribution in [0.1, 0.15) is 45.4 Å². The molecule has 2 amide bonds. The summed E-state index contributed by atoms with van der Waals surface area (Å²) in [6.07, 6.45) is 6.14. The Hall–Kier alpha value is -3.23. The number of halogens is 1. The van der Waals surface area contributed by atoms with Crippen molar-refractivity contribution < 1.29 is 14.0 Å². The van der Waals surface area contributed by atoms with E-state index in [1.165, 1.54) is 22.7 Å². The third-order valence-electron chi connectivity index (χ3n) is 4.93. The van der Waals surface area contributed by atoms with Crippen molar-refractivity contribution in [1.29, 1.82) is 0 Å². The Morgan fingerprint density at radius 1 is 1.37 bits per heavy atom. The minimum Gasteiger partial charge on any atom is -0.365 e. The van der Waals surface area contributed by atoms with Gasteiger partial charge in [0.15, 0.2) is 0 Å². The highest BCUT2D eigenvalue weighted by Gasteiger charge is 2.31. The van der Waals surface area contributed by atoms with E-state index in [9.17, 15) is 14.0 Å². The van der Waals surface area contributed by atoms with Crippen LogP contribution in [0.15, 0.2) is 30.7 Å². The first-order chi connectivity index (χ1) is 13.0. The van der Waals surface area contributed by atoms with Crippen LogP contribution in [0, 0.1) is 5.82 Å². The van der Waals surface area contributed by atoms with E-state index in [-0.39, 0.29) is 23.2 Å². The van der Waals surface area contributed by atoms with Crippen LogP contribution in [0.25, 0.3) is 5.52 Å². The van der Waals surface area contributed by atoms with Crippen molar-refractivity contribution >= 4 is 17.3 Å². The van der Waals surface area contributed by atoms with E-state index in [1.807, 2.05) is 0 Å². The van der Waals surface area contributed by atoms with Gasteiger partial charge in [-0.15, -0.1) is 0 Å². The Labute approximate surface area is 154 Å². The van der Waals surface area contributed by atoms with Crippen LogP contribution >= 0.6 is 0 Å². The predicted octanol–water partition coefficient (Wildman–Crippen LogP) is 1.33. The zero-order valence-corrected chi connectivity index (χ0v) is 14.8. The molecular formula is C18H19FN6O2. The van der Waals surface area contributed by atoms with Crippen LogP contribution in [0.3, 0.4) is 0 Å². The molecule has 9 heteroatoms. The van der Waals surface area contributed by atoms with Crippen LogP contribution in [-0.4, -0.2) is 49.0 Å². The topological polar surface area (TPSA) is 98.5 Å². The standard InChI is InChI=1S/C18H19FN6O2/c1-23-10-12(16(20)26)15(22-23)11-4-2-6-24(9-11)18(27)17-21-8-14-13(19)5-3-7-25(14)17/h3,5,7-8,10-11H,2,4,6,9H2,1H3,(H2,20,26). The molecular weight excluding hydrogens is 351 g/mol. The SMILES string of the molecule is Cn1cc(C(N)=O)c(C2CCCN(C(=O)c3ncc4c(F)cccn34)C2)n1. The molecule has 4 heterocycles. The quantitative estimate of drug-likeness (QED) is 0.752. The van der Waals surface area contributed by atoms with Gasteiger partial charge in [-0.1, -0.05) is 0 Å². The van der Waals surface area contributed by atoms with Crippen molar-refractivity contribution in [1.82, 2.24) is 24.1 Å². The monoisotopic (exact) mass is 370 g/mol. The number of likely N-dealkylation sites (tertiary alicyclic amines) is 1. The second-order valence-corrected chi connectivity index (χ2v) is 6.75. The molecule has 1 aliphatic rings. The lowest BCUT2D eigenvalue weighted by Gasteiger charge is -2.32. The van der Waals surface area contributed by atoms with Crippen molar-refractivity contribution in [3.05, 3.63) is 53.6 Å². The Morgan fingerprint density at radius 3 is 2.96 bits per heavy atom. The second kappa shape index (κ2) is 6.49. The lowest BCUT2D eigenvalue weighted by atomic mass is 9.92. The normalized spacial score (nSPS) is 17.4. The molecule has 0 bridgehead atoms. The average Bonchev–Trinajstić information content (AvgIpc) is 3.26. The molecule has 0 spiro atoms. The number of rotatable bonds is 3. The van der Waals surface area contributed by atoms with Crippen molar-refractivity contribution in [2.24, 2.45) is 12.8 Å². The van der Waals surface area contributed by atoms with E-state index in [4.69, 9.17) is 5.73 Å². The molecule has 27 heavy (non-hydrogen) atoms. The molecule has 1 atom stereocenters. The first-order valence-electron chi connectivity index (χ1n) is 8.70. The van der Waals surface area contributed by atoms with Gasteiger partial charge < -0.3 is 10.6 Å². The molecule has 0 saturated carbocycles. The number of aromatic nitrogens is 4. The number of aryl methyl sites for hydroxylation is 1. The van der Waals surface area contributed by atoms with Gasteiger partial charge in [0.2, 0.25) is 5.82 Å². The number of piperidine rings is 1. The Kier molecular flexibility index (Phi) is 4.14. The molecule has 4 rings (SSSR count). The van der Waals surface area contributed by atoms with E-state index in [0.717, 1.165) is 12.8 Å². The van der Waals surface area contributed by atoms with Crippen LogP contribution in [0.2, 0.25) is 0 Å². The van der Waals surface area contributed by atoms with E-state index < -0.39 is 11.7 Å². The summed E-state index contributed by atoms with van der Waals surface area (Å²) in [5.74, 6) is -1.16. The Bertz CT molecular complexity index is 1040. The number of amides is 2. The van der Waals surface area contributed by atoms with Gasteiger partial charge in [0.05, 0.1) is 17.5 Å². The Morgan fingerprint density at radius 2 is 2.19 bits per heavy atom. The van der Waals surface area contributed by atoms with Gasteiger partial charge in [0.25, 0.3) is 11.8 Å². The van der Waals surface area contributed by atoms with E-state index in [2.05, 4.69) is 10.1 Å². The fourth-order valence-corrected chi connectivity index (χ4v) is 3.67. The number of nitrogens with zero attached hydrogens (tertiary/aromatic N) is 5. The summed E-state index contributed by atoms with van der Waals surface area (Å²) in [5, 5.41) is 4.38. The third-order valence-corrected chi connectivity index (χ3v) is 4.93. The third kappa shape index (κ3) is 2.94. The van der Waals surface area contributed by atoms with Gasteiger partial charge in [-0.05, 0) is 25.0 Å². The van der Waals surface area contributed by atoms with Crippen LogP contribution in [0.5, 0.6) is 0 Å². The molecule has 1 saturated heterocycles. The van der Waals surface area contributed by atoms with Crippen LogP contribution in [-0.2, 0) is 7.05 Å². The zero-order valence-electron chi connectivity index (χ0n) is 14.8. The average molecular weight is 370 g/mol. The fourth-order valence-electron chi connectivity index (χ4n) is 3.67. The molecule has 1 aliphatic heterocycles. The van der Waals surface area contributed by atoms with Gasteiger partial charge in [-0.3, -0.25) is 18.7 Å². The van der Waals surface area contributed by atoms with E-state index >= 15 is 0 Å². The number of hydrogen-bond donors (Lipinski definition) is 1. The largest absolute Gasteiger partial charge is 0.365 e. The van der Waals surface area contributed by atoms with Crippen LogP contribution in [0.4, 0.5) is 4.39 Å². The molecule has 0 aromatic carbocycles. The maximum Gasteiger partial charge on any atom is 0.290 e. The maximum atomic E-state index is 13.9. The number of carbonyl (C=O) groups excluding carboxylic acids is 2. The van der Waals surface area contributed by atoms with Gasteiger partial charge in [0.1, 0.15) is 11.3 Å². The van der Waals surface area contributed by atoms with Gasteiger partial charge >= 0.3 is 0 Å². The number of nitrogens with two attached hydrogens (primary N) is 1. The molecule has 2 N–H and O–H groups in total. The number of pyridine rings is 1. The van der Waals surface area contributed by atoms with Crippen molar-refractivity contribution in [2.45, 2.75) is 18.8 Å². The van der Waals surface area contributed by atoms with E-state index in [1.54, 1.807) is 29.0 Å². The number of primary amides is 1. The number of hydrogen-bond acceptors (Lipinski definition) is 4. The molecule has 8 nitrogen and oxygen atoms in total. The highest BCUT2D eigenvalue weighted by atomic mass is 19.1. The summed E-state index contributed by atoms with van der Waals surface area (Å²) in [6, 6.07) is 2.86. The summed E-state index contributed by atoms with van der Waals surface area (Å²) in [6.45, 7) is 0.971. The molecule has 1 fully saturated rings. The summed E-state index contributed by atoms with van der Waals surface area (Å²) in [4.78, 5) is 30.5. The molecule has 140 valence electrons. The summed E-state index contributed by atoms with van der Waals surface area (Å²) >= 11 is 0.